The summed E-state index contributed by atoms with van der Waals surface area (Å²) in [5, 5.41) is 2.69. The Balaban J connectivity index is 2.09. The minimum Gasteiger partial charge on any atom is -0.436 e. The number of hydrogen-bond acceptors (Lipinski definition) is 4. The monoisotopic (exact) mass is 390 g/mol. The molecule has 24 heavy (non-hydrogen) atoms. The predicted molar refractivity (Wildman–Crippen MR) is 96.8 cm³/mol. The van der Waals surface area contributed by atoms with Gasteiger partial charge in [-0.05, 0) is 48.8 Å². The lowest BCUT2D eigenvalue weighted by atomic mass is 10.1. The highest BCUT2D eigenvalue weighted by Gasteiger charge is 2.13. The molecule has 3 N–H and O–H groups in total. The topological polar surface area (TPSA) is 82.2 Å². The van der Waals surface area contributed by atoms with E-state index >= 15 is 0 Å². The molecule has 0 aliphatic carbocycles. The summed E-state index contributed by atoms with van der Waals surface area (Å²) in [7, 11) is 0. The van der Waals surface area contributed by atoms with Gasteiger partial charge < -0.3 is 20.4 Å². The minimum atomic E-state index is -0.502. The first-order chi connectivity index (χ1) is 11.3. The zero-order valence-electron chi connectivity index (χ0n) is 13.8. The van der Waals surface area contributed by atoms with Gasteiger partial charge in [0.15, 0.2) is 6.61 Å². The number of halogens is 1. The molecule has 0 saturated heterocycles. The van der Waals surface area contributed by atoms with E-state index < -0.39 is 6.09 Å². The average molecular weight is 391 g/mol. The maximum absolute atomic E-state index is 11.6. The van der Waals surface area contributed by atoms with Gasteiger partial charge in [0.2, 0.25) is 0 Å². The summed E-state index contributed by atoms with van der Waals surface area (Å²) in [6, 6.07) is 3.74. The van der Waals surface area contributed by atoms with Crippen molar-refractivity contribution < 1.29 is 9.53 Å². The van der Waals surface area contributed by atoms with Crippen LogP contribution in [0, 0.1) is 11.8 Å². The Kier molecular flexibility index (Phi) is 5.52. The summed E-state index contributed by atoms with van der Waals surface area (Å²) in [6.45, 7) is 5.60. The first kappa shape index (κ1) is 17.9. The second kappa shape index (κ2) is 7.41. The number of nitrogen functional groups attached to an aromatic ring is 1. The lowest BCUT2D eigenvalue weighted by Crippen LogP contribution is -2.40. The maximum Gasteiger partial charge on any atom is 0.408 e. The van der Waals surface area contributed by atoms with Crippen LogP contribution < -0.4 is 11.1 Å². The molecule has 1 aromatic carbocycles. The van der Waals surface area contributed by atoms with Gasteiger partial charge in [0.05, 0.1) is 17.6 Å². The summed E-state index contributed by atoms with van der Waals surface area (Å²) < 4.78 is 7.61. The van der Waals surface area contributed by atoms with Crippen molar-refractivity contribution in [2.45, 2.75) is 26.3 Å². The van der Waals surface area contributed by atoms with Gasteiger partial charge in [0, 0.05) is 28.1 Å². The van der Waals surface area contributed by atoms with Crippen molar-refractivity contribution in [1.29, 1.82) is 0 Å². The summed E-state index contributed by atoms with van der Waals surface area (Å²) in [6.07, 6.45) is 4.71. The second-order valence-corrected chi connectivity index (χ2v) is 6.97. The quantitative estimate of drug-likeness (QED) is 0.609. The van der Waals surface area contributed by atoms with Gasteiger partial charge in [-0.3, -0.25) is 0 Å². The zero-order valence-corrected chi connectivity index (χ0v) is 15.3. The number of hydrogen-bond donors (Lipinski definition) is 2. The van der Waals surface area contributed by atoms with Gasteiger partial charge in [-0.25, -0.2) is 9.78 Å². The largest absolute Gasteiger partial charge is 0.436 e. The van der Waals surface area contributed by atoms with Crippen LogP contribution in [0.25, 0.3) is 5.69 Å². The molecular formula is C17H19BrN4O2. The Hall–Kier alpha value is -2.46. The molecule has 0 atom stereocenters. The first-order valence-electron chi connectivity index (χ1n) is 7.27. The van der Waals surface area contributed by atoms with E-state index in [-0.39, 0.29) is 12.1 Å². The Morgan fingerprint density at radius 1 is 1.46 bits per heavy atom. The van der Waals surface area contributed by atoms with E-state index in [0.29, 0.717) is 11.3 Å². The van der Waals surface area contributed by atoms with E-state index in [4.69, 9.17) is 10.5 Å². The van der Waals surface area contributed by atoms with Crippen LogP contribution in [0.1, 0.15) is 26.3 Å². The highest BCUT2D eigenvalue weighted by molar-refractivity contribution is 9.10. The smallest absolute Gasteiger partial charge is 0.408 e. The van der Waals surface area contributed by atoms with E-state index in [1.54, 1.807) is 12.5 Å². The number of imidazole rings is 1. The molecular weight excluding hydrogens is 372 g/mol. The molecule has 1 heterocycles. The molecule has 0 saturated carbocycles. The standard InChI is InChI=1S/C17H19BrN4O2/c1-17(2,3)21-16(23)24-8-4-5-12-9-13(10-14(18)15(12)19)22-7-6-20-11-22/h6-7,9-11H,8,19H2,1-3H3,(H,21,23). The van der Waals surface area contributed by atoms with Gasteiger partial charge >= 0.3 is 6.09 Å². The average Bonchev–Trinajstić information content (AvgIpc) is 3.00. The van der Waals surface area contributed by atoms with Crippen LogP contribution in [0.2, 0.25) is 0 Å². The number of aromatic nitrogens is 2. The molecule has 0 fully saturated rings. The van der Waals surface area contributed by atoms with E-state index in [1.165, 1.54) is 0 Å². The fourth-order valence-electron chi connectivity index (χ4n) is 1.84. The van der Waals surface area contributed by atoms with Crippen LogP contribution >= 0.6 is 15.9 Å². The van der Waals surface area contributed by atoms with Crippen molar-refractivity contribution in [3.8, 4) is 17.5 Å². The summed E-state index contributed by atoms with van der Waals surface area (Å²) >= 11 is 3.43. The number of anilines is 1. The van der Waals surface area contributed by atoms with Crippen LogP contribution in [0.3, 0.4) is 0 Å². The number of nitrogens with two attached hydrogens (primary N) is 1. The molecule has 6 nitrogen and oxygen atoms in total. The van der Waals surface area contributed by atoms with Crippen molar-refractivity contribution in [3.05, 3.63) is 40.9 Å². The number of carbonyl (C=O) groups excluding carboxylic acids is 1. The van der Waals surface area contributed by atoms with Crippen LogP contribution in [0.15, 0.2) is 35.3 Å². The van der Waals surface area contributed by atoms with E-state index in [0.717, 1.165) is 10.2 Å². The molecule has 0 aliphatic heterocycles. The summed E-state index contributed by atoms with van der Waals surface area (Å²) in [5.41, 5.74) is 7.75. The molecule has 2 rings (SSSR count). The van der Waals surface area contributed by atoms with Crippen molar-refractivity contribution in [1.82, 2.24) is 14.9 Å². The molecule has 0 bridgehead atoms. The number of nitrogens with one attached hydrogen (secondary N) is 1. The van der Waals surface area contributed by atoms with Crippen molar-refractivity contribution in [2.24, 2.45) is 0 Å². The molecule has 2 aromatic rings. The van der Waals surface area contributed by atoms with Crippen LogP contribution in [-0.4, -0.2) is 27.8 Å². The highest BCUT2D eigenvalue weighted by Crippen LogP contribution is 2.26. The number of alkyl carbamates (subject to hydrolysis) is 1. The Morgan fingerprint density at radius 2 is 2.21 bits per heavy atom. The number of carbonyl (C=O) groups is 1. The molecule has 0 spiro atoms. The molecule has 1 amide bonds. The van der Waals surface area contributed by atoms with Crippen LogP contribution in [0.4, 0.5) is 10.5 Å². The van der Waals surface area contributed by atoms with Crippen molar-refractivity contribution in [3.63, 3.8) is 0 Å². The molecule has 7 heteroatoms. The Labute approximate surface area is 149 Å². The lowest BCUT2D eigenvalue weighted by molar-refractivity contribution is 0.151. The first-order valence-corrected chi connectivity index (χ1v) is 8.07. The van der Waals surface area contributed by atoms with Gasteiger partial charge in [-0.1, -0.05) is 11.8 Å². The fourth-order valence-corrected chi connectivity index (χ4v) is 2.29. The Bertz CT molecular complexity index is 783. The number of nitrogens with zero attached hydrogens (tertiary/aromatic N) is 2. The molecule has 0 aliphatic rings. The summed E-state index contributed by atoms with van der Waals surface area (Å²) in [4.78, 5) is 15.6. The van der Waals surface area contributed by atoms with Crippen molar-refractivity contribution >= 4 is 27.7 Å². The normalized spacial score (nSPS) is 10.7. The third-order valence-corrected chi connectivity index (χ3v) is 3.55. The Morgan fingerprint density at radius 3 is 2.83 bits per heavy atom. The zero-order chi connectivity index (χ0) is 17.7. The summed E-state index contributed by atoms with van der Waals surface area (Å²) in [5.74, 6) is 5.73. The third-order valence-electron chi connectivity index (χ3n) is 2.89. The van der Waals surface area contributed by atoms with E-state index in [2.05, 4.69) is 38.1 Å². The molecule has 0 radical (unpaired) electrons. The van der Waals surface area contributed by atoms with Gasteiger partial charge in [0.1, 0.15) is 0 Å². The number of amides is 1. The number of rotatable bonds is 2. The second-order valence-electron chi connectivity index (χ2n) is 6.11. The predicted octanol–water partition coefficient (Wildman–Crippen LogP) is 3.09. The van der Waals surface area contributed by atoms with Gasteiger partial charge in [0.25, 0.3) is 0 Å². The lowest BCUT2D eigenvalue weighted by Gasteiger charge is -2.19. The van der Waals surface area contributed by atoms with E-state index in [9.17, 15) is 4.79 Å². The van der Waals surface area contributed by atoms with E-state index in [1.807, 2.05) is 43.7 Å². The molecule has 0 unspecified atom stereocenters. The fraction of sp³-hybridized carbons (Fsp3) is 0.294. The van der Waals surface area contributed by atoms with Crippen LogP contribution in [0.5, 0.6) is 0 Å². The van der Waals surface area contributed by atoms with Gasteiger partial charge in [-0.15, -0.1) is 0 Å². The SMILES string of the molecule is CC(C)(C)NC(=O)OCC#Cc1cc(-n2ccnc2)cc(Br)c1N. The number of benzene rings is 1. The molecule has 1 aromatic heterocycles. The maximum atomic E-state index is 11.6. The minimum absolute atomic E-state index is 0.0196. The molecule has 126 valence electrons. The highest BCUT2D eigenvalue weighted by atomic mass is 79.9. The van der Waals surface area contributed by atoms with Gasteiger partial charge in [-0.2, -0.15) is 0 Å². The third kappa shape index (κ3) is 5.03. The van der Waals surface area contributed by atoms with Crippen molar-refractivity contribution in [2.75, 3.05) is 12.3 Å². The van der Waals surface area contributed by atoms with Crippen LogP contribution in [-0.2, 0) is 4.74 Å². The number of ether oxygens (including phenoxy) is 1.